The Bertz CT molecular complexity index is 853. The van der Waals surface area contributed by atoms with Crippen molar-refractivity contribution in [3.05, 3.63) is 15.8 Å². The molecule has 8 heteroatoms. The van der Waals surface area contributed by atoms with E-state index in [-0.39, 0.29) is 23.8 Å². The summed E-state index contributed by atoms with van der Waals surface area (Å²) < 4.78 is 10.2. The van der Waals surface area contributed by atoms with E-state index < -0.39 is 11.9 Å². The van der Waals surface area contributed by atoms with E-state index in [0.717, 1.165) is 0 Å². The third-order valence-electron chi connectivity index (χ3n) is 4.52. The number of carbonyl (C=O) groups is 3. The van der Waals surface area contributed by atoms with Crippen LogP contribution in [0.3, 0.4) is 0 Å². The molecule has 164 valence electrons. The highest BCUT2D eigenvalue weighted by Crippen LogP contribution is 2.32. The fourth-order valence-corrected chi connectivity index (χ4v) is 3.91. The number of ether oxygens (including phenoxy) is 2. The van der Waals surface area contributed by atoms with Crippen molar-refractivity contribution in [3.63, 3.8) is 0 Å². The van der Waals surface area contributed by atoms with Crippen LogP contribution in [0.25, 0.3) is 0 Å². The maximum absolute atomic E-state index is 12.8. The number of thiophene rings is 1. The van der Waals surface area contributed by atoms with Gasteiger partial charge in [0.25, 0.3) is 0 Å². The number of hydrogen-bond donors (Lipinski definition) is 0. The quantitative estimate of drug-likeness (QED) is 0.526. The Morgan fingerprint density at radius 2 is 1.93 bits per heavy atom. The molecule has 7 nitrogen and oxygen atoms in total. The summed E-state index contributed by atoms with van der Waals surface area (Å²) in [5.41, 5.74) is 0.230. The molecule has 0 bridgehead atoms. The van der Waals surface area contributed by atoms with Gasteiger partial charge in [0.15, 0.2) is 0 Å². The summed E-state index contributed by atoms with van der Waals surface area (Å²) >= 11 is 1.19. The summed E-state index contributed by atoms with van der Waals surface area (Å²) in [6.45, 7) is 11.5. The van der Waals surface area contributed by atoms with Crippen LogP contribution in [0, 0.1) is 23.2 Å². The molecule has 1 saturated heterocycles. The fourth-order valence-electron chi connectivity index (χ4n) is 2.98. The number of esters is 1. The Hall–Kier alpha value is -2.37. The first-order valence-electron chi connectivity index (χ1n) is 9.93. The molecule has 0 saturated carbocycles. The van der Waals surface area contributed by atoms with Gasteiger partial charge >= 0.3 is 5.97 Å². The van der Waals surface area contributed by atoms with E-state index in [1.807, 2.05) is 20.8 Å². The number of amides is 2. The van der Waals surface area contributed by atoms with Gasteiger partial charge in [-0.05, 0) is 26.8 Å². The number of morpholine rings is 1. The van der Waals surface area contributed by atoms with Gasteiger partial charge in [-0.25, -0.2) is 4.79 Å². The SMILES string of the molecule is COC(=O)c1sc(C#CC(C)(C)C)cc1N(CC(C)C(=O)N1CCOCC1)C(C)=O. The molecule has 1 fully saturated rings. The molecule has 0 N–H and O–H groups in total. The molecule has 1 aromatic rings. The van der Waals surface area contributed by atoms with E-state index in [1.54, 1.807) is 17.9 Å². The van der Waals surface area contributed by atoms with E-state index in [1.165, 1.54) is 30.3 Å². The van der Waals surface area contributed by atoms with Crippen LogP contribution in [0.4, 0.5) is 5.69 Å². The van der Waals surface area contributed by atoms with Gasteiger partial charge < -0.3 is 19.3 Å². The first-order valence-corrected chi connectivity index (χ1v) is 10.7. The Labute approximate surface area is 182 Å². The second-order valence-electron chi connectivity index (χ2n) is 8.28. The van der Waals surface area contributed by atoms with E-state index in [9.17, 15) is 14.4 Å². The van der Waals surface area contributed by atoms with Crippen molar-refractivity contribution in [2.45, 2.75) is 34.6 Å². The van der Waals surface area contributed by atoms with Gasteiger partial charge in [-0.2, -0.15) is 0 Å². The summed E-state index contributed by atoms with van der Waals surface area (Å²) in [4.78, 5) is 41.8. The standard InChI is InChI=1S/C22H30N2O5S/c1-15(20(26)23-9-11-29-12-10-23)14-24(16(2)25)18-13-17(7-8-22(3,4)5)30-19(18)21(27)28-6/h13,15H,9-12,14H2,1-6H3. The van der Waals surface area contributed by atoms with Crippen LogP contribution in [-0.2, 0) is 19.1 Å². The minimum absolute atomic E-state index is 0.0351. The number of carbonyl (C=O) groups excluding carboxylic acids is 3. The molecular formula is C22H30N2O5S. The van der Waals surface area contributed by atoms with Gasteiger partial charge in [-0.3, -0.25) is 9.59 Å². The summed E-state index contributed by atoms with van der Waals surface area (Å²) in [6, 6.07) is 1.73. The number of anilines is 1. The Balaban J connectivity index is 2.33. The number of methoxy groups -OCH3 is 1. The lowest BCUT2D eigenvalue weighted by Crippen LogP contribution is -2.46. The molecular weight excluding hydrogens is 404 g/mol. The topological polar surface area (TPSA) is 76.2 Å². The zero-order valence-corrected chi connectivity index (χ0v) is 19.4. The molecule has 0 radical (unpaired) electrons. The lowest BCUT2D eigenvalue weighted by molar-refractivity contribution is -0.138. The predicted octanol–water partition coefficient (Wildman–Crippen LogP) is 2.78. The van der Waals surface area contributed by atoms with E-state index in [0.29, 0.717) is 41.7 Å². The molecule has 0 aliphatic carbocycles. The molecule has 2 heterocycles. The summed E-state index contributed by atoms with van der Waals surface area (Å²) in [5.74, 6) is 4.97. The smallest absolute Gasteiger partial charge is 0.350 e. The third-order valence-corrected chi connectivity index (χ3v) is 5.54. The van der Waals surface area contributed by atoms with Gasteiger partial charge in [-0.15, -0.1) is 11.3 Å². The highest BCUT2D eigenvalue weighted by molar-refractivity contribution is 7.15. The first-order chi connectivity index (χ1) is 14.0. The molecule has 0 aromatic carbocycles. The van der Waals surface area contributed by atoms with Crippen LogP contribution >= 0.6 is 11.3 Å². The average Bonchev–Trinajstić information content (AvgIpc) is 3.13. The highest BCUT2D eigenvalue weighted by atomic mass is 32.1. The van der Waals surface area contributed by atoms with Crippen molar-refractivity contribution in [2.75, 3.05) is 44.9 Å². The minimum Gasteiger partial charge on any atom is -0.465 e. The second kappa shape index (κ2) is 10.1. The molecule has 1 unspecified atom stereocenters. The van der Waals surface area contributed by atoms with Crippen LogP contribution in [0.1, 0.15) is 49.2 Å². The Morgan fingerprint density at radius 3 is 2.47 bits per heavy atom. The molecule has 30 heavy (non-hydrogen) atoms. The van der Waals surface area contributed by atoms with E-state index >= 15 is 0 Å². The second-order valence-corrected chi connectivity index (χ2v) is 9.34. The van der Waals surface area contributed by atoms with Crippen LogP contribution in [0.2, 0.25) is 0 Å². The Kier molecular flexibility index (Phi) is 8.04. The molecule has 2 rings (SSSR count). The summed E-state index contributed by atoms with van der Waals surface area (Å²) in [6.07, 6.45) is 0. The van der Waals surface area contributed by atoms with E-state index in [4.69, 9.17) is 9.47 Å². The van der Waals surface area contributed by atoms with Crippen molar-refractivity contribution in [1.29, 1.82) is 0 Å². The number of hydrogen-bond acceptors (Lipinski definition) is 6. The molecule has 2 amide bonds. The maximum atomic E-state index is 12.8. The number of rotatable bonds is 5. The van der Waals surface area contributed by atoms with E-state index in [2.05, 4.69) is 11.8 Å². The van der Waals surface area contributed by atoms with Crippen LogP contribution < -0.4 is 4.90 Å². The monoisotopic (exact) mass is 434 g/mol. The van der Waals surface area contributed by atoms with Crippen molar-refractivity contribution >= 4 is 34.8 Å². The van der Waals surface area contributed by atoms with Crippen molar-refractivity contribution in [2.24, 2.45) is 11.3 Å². The zero-order chi connectivity index (χ0) is 22.5. The van der Waals surface area contributed by atoms with Crippen LogP contribution in [-0.4, -0.2) is 62.6 Å². The van der Waals surface area contributed by atoms with Crippen molar-refractivity contribution in [3.8, 4) is 11.8 Å². The fraction of sp³-hybridized carbons (Fsp3) is 0.591. The molecule has 1 atom stereocenters. The van der Waals surface area contributed by atoms with Gasteiger partial charge in [-0.1, -0.05) is 18.8 Å². The van der Waals surface area contributed by atoms with Crippen molar-refractivity contribution in [1.82, 2.24) is 4.90 Å². The van der Waals surface area contributed by atoms with Gasteiger partial charge in [0.1, 0.15) is 4.88 Å². The zero-order valence-electron chi connectivity index (χ0n) is 18.5. The average molecular weight is 435 g/mol. The lowest BCUT2D eigenvalue weighted by atomic mass is 9.98. The predicted molar refractivity (Wildman–Crippen MR) is 117 cm³/mol. The largest absolute Gasteiger partial charge is 0.465 e. The van der Waals surface area contributed by atoms with Gasteiger partial charge in [0, 0.05) is 32.0 Å². The Morgan fingerprint density at radius 1 is 1.30 bits per heavy atom. The first kappa shape index (κ1) is 23.9. The highest BCUT2D eigenvalue weighted by Gasteiger charge is 2.29. The van der Waals surface area contributed by atoms with Crippen LogP contribution in [0.5, 0.6) is 0 Å². The lowest BCUT2D eigenvalue weighted by Gasteiger charge is -2.31. The molecule has 1 aromatic heterocycles. The number of nitrogens with zero attached hydrogens (tertiary/aromatic N) is 2. The molecule has 1 aliphatic heterocycles. The van der Waals surface area contributed by atoms with Gasteiger partial charge in [0.2, 0.25) is 11.8 Å². The molecule has 1 aliphatic rings. The maximum Gasteiger partial charge on any atom is 0.350 e. The molecule has 0 spiro atoms. The normalized spacial score (nSPS) is 15.1. The summed E-state index contributed by atoms with van der Waals surface area (Å²) in [7, 11) is 1.30. The van der Waals surface area contributed by atoms with Gasteiger partial charge in [0.05, 0.1) is 36.8 Å². The summed E-state index contributed by atoms with van der Waals surface area (Å²) in [5, 5.41) is 0. The van der Waals surface area contributed by atoms with Crippen molar-refractivity contribution < 1.29 is 23.9 Å². The third kappa shape index (κ3) is 6.31. The van der Waals surface area contributed by atoms with Crippen LogP contribution in [0.15, 0.2) is 6.07 Å². The minimum atomic E-state index is -0.530.